The highest BCUT2D eigenvalue weighted by Crippen LogP contribution is 2.52. The Morgan fingerprint density at radius 2 is 0.920 bits per heavy atom. The Hall–Kier alpha value is -2.88. The molecule has 8 N–H and O–H groups in total. The van der Waals surface area contributed by atoms with Gasteiger partial charge in [-0.1, -0.05) is 0 Å². The minimum atomic E-state index is -0.900. The van der Waals surface area contributed by atoms with Gasteiger partial charge >= 0.3 is 0 Å². The van der Waals surface area contributed by atoms with Gasteiger partial charge in [-0.3, -0.25) is 0 Å². The van der Waals surface area contributed by atoms with Gasteiger partial charge in [0.1, 0.15) is 0 Å². The summed E-state index contributed by atoms with van der Waals surface area (Å²) in [6, 6.07) is 1.91. The van der Waals surface area contributed by atoms with E-state index in [4.69, 9.17) is 0 Å². The molecule has 9 heteroatoms. The molecule has 0 aliphatic rings. The van der Waals surface area contributed by atoms with Crippen LogP contribution < -0.4 is 0 Å². The Labute approximate surface area is 142 Å². The molecule has 0 spiro atoms. The van der Waals surface area contributed by atoms with Gasteiger partial charge in [-0.05, 0) is 23.3 Å². The fourth-order valence-electron chi connectivity index (χ4n) is 2.20. The van der Waals surface area contributed by atoms with E-state index >= 15 is 0 Å². The number of rotatable bonds is 3. The van der Waals surface area contributed by atoms with Crippen molar-refractivity contribution in [2.45, 2.75) is 13.2 Å². The largest absolute Gasteiger partial charge is 0.504 e. The number of aliphatic hydroxyl groups excluding tert-OH is 2. The number of phenols is 6. The Morgan fingerprint density at radius 3 is 1.16 bits per heavy atom. The SMILES string of the molecule is COC.OCc1cc(O)c(O)c(O)c1-c1c(CO)cc(O)c(O)c1O. The van der Waals surface area contributed by atoms with Gasteiger partial charge in [0, 0.05) is 25.3 Å². The first kappa shape index (κ1) is 20.2. The van der Waals surface area contributed by atoms with E-state index in [9.17, 15) is 40.9 Å². The van der Waals surface area contributed by atoms with E-state index in [1.54, 1.807) is 14.2 Å². The van der Waals surface area contributed by atoms with Crippen molar-refractivity contribution < 1.29 is 45.6 Å². The molecular formula is C16H20O9. The molecule has 0 aromatic heterocycles. The number of methoxy groups -OCH3 is 1. The van der Waals surface area contributed by atoms with Crippen LogP contribution in [0.15, 0.2) is 12.1 Å². The average Bonchev–Trinajstić information content (AvgIpc) is 2.58. The number of phenolic OH excluding ortho intramolecular Hbond substituents is 6. The fourth-order valence-corrected chi connectivity index (χ4v) is 2.20. The summed E-state index contributed by atoms with van der Waals surface area (Å²) < 4.78 is 4.25. The summed E-state index contributed by atoms with van der Waals surface area (Å²) in [6.45, 7) is -1.36. The normalized spacial score (nSPS) is 10.2. The highest BCUT2D eigenvalue weighted by Gasteiger charge is 2.25. The molecule has 138 valence electrons. The minimum Gasteiger partial charge on any atom is -0.504 e. The molecule has 9 nitrogen and oxygen atoms in total. The van der Waals surface area contributed by atoms with Gasteiger partial charge in [0.2, 0.25) is 11.5 Å². The lowest BCUT2D eigenvalue weighted by molar-refractivity contribution is 0.277. The monoisotopic (exact) mass is 356 g/mol. The Bertz CT molecular complexity index is 693. The second-order valence-electron chi connectivity index (χ2n) is 4.98. The first-order valence-electron chi connectivity index (χ1n) is 6.90. The van der Waals surface area contributed by atoms with Crippen molar-refractivity contribution in [2.75, 3.05) is 14.2 Å². The van der Waals surface area contributed by atoms with E-state index in [0.29, 0.717) is 0 Å². The van der Waals surface area contributed by atoms with Crippen LogP contribution in [0.25, 0.3) is 11.1 Å². The van der Waals surface area contributed by atoms with Crippen LogP contribution in [0, 0.1) is 0 Å². The number of hydrogen-bond donors (Lipinski definition) is 8. The van der Waals surface area contributed by atoms with Gasteiger partial charge in [0.15, 0.2) is 23.0 Å². The highest BCUT2D eigenvalue weighted by atomic mass is 16.4. The third-order valence-electron chi connectivity index (χ3n) is 3.26. The van der Waals surface area contributed by atoms with E-state index in [1.807, 2.05) is 0 Å². The van der Waals surface area contributed by atoms with Gasteiger partial charge in [-0.2, -0.15) is 0 Å². The van der Waals surface area contributed by atoms with Gasteiger partial charge in [-0.15, -0.1) is 0 Å². The summed E-state index contributed by atoms with van der Waals surface area (Å²) in [5, 5.41) is 76.8. The maximum atomic E-state index is 9.99. The summed E-state index contributed by atoms with van der Waals surface area (Å²) >= 11 is 0. The van der Waals surface area contributed by atoms with Crippen LogP contribution in [-0.2, 0) is 18.0 Å². The van der Waals surface area contributed by atoms with E-state index in [0.717, 1.165) is 12.1 Å². The second-order valence-corrected chi connectivity index (χ2v) is 4.98. The Kier molecular flexibility index (Phi) is 6.68. The molecule has 25 heavy (non-hydrogen) atoms. The molecule has 0 aliphatic carbocycles. The van der Waals surface area contributed by atoms with Gasteiger partial charge < -0.3 is 45.6 Å². The number of ether oxygens (including phenoxy) is 1. The molecule has 0 saturated carbocycles. The lowest BCUT2D eigenvalue weighted by Crippen LogP contribution is -1.97. The molecule has 0 aliphatic heterocycles. The number of benzene rings is 2. The number of aromatic hydroxyl groups is 6. The van der Waals surface area contributed by atoms with Crippen molar-refractivity contribution in [3.8, 4) is 45.6 Å². The predicted octanol–water partition coefficient (Wildman–Crippen LogP) is 0.834. The van der Waals surface area contributed by atoms with Gasteiger partial charge in [-0.25, -0.2) is 0 Å². The molecule has 0 saturated heterocycles. The zero-order valence-electron chi connectivity index (χ0n) is 13.6. The summed E-state index contributed by atoms with van der Waals surface area (Å²) in [6.07, 6.45) is 0. The number of aliphatic hydroxyl groups is 2. The van der Waals surface area contributed by atoms with E-state index in [2.05, 4.69) is 4.74 Å². The second kappa shape index (κ2) is 8.29. The molecule has 0 bridgehead atoms. The molecule has 2 aromatic rings. The van der Waals surface area contributed by atoms with Crippen LogP contribution in [0.4, 0.5) is 0 Å². The van der Waals surface area contributed by atoms with Crippen molar-refractivity contribution >= 4 is 0 Å². The van der Waals surface area contributed by atoms with E-state index in [-0.39, 0.29) is 22.3 Å². The Morgan fingerprint density at radius 1 is 0.640 bits per heavy atom. The standard InChI is InChI=1S/C14H14O8.C2H6O/c15-3-5-1-7(17)11(19)13(21)9(5)10-6(4-16)2-8(18)12(20)14(10)22;1-3-2/h1-2,15-22H,3-4H2;1-2H3. The summed E-state index contributed by atoms with van der Waals surface area (Å²) in [5.74, 6) is -4.92. The molecular weight excluding hydrogens is 336 g/mol. The highest BCUT2D eigenvalue weighted by molar-refractivity contribution is 5.86. The van der Waals surface area contributed by atoms with Crippen LogP contribution in [0.3, 0.4) is 0 Å². The van der Waals surface area contributed by atoms with Crippen molar-refractivity contribution in [2.24, 2.45) is 0 Å². The smallest absolute Gasteiger partial charge is 0.200 e. The summed E-state index contributed by atoms with van der Waals surface area (Å²) in [7, 11) is 3.25. The van der Waals surface area contributed by atoms with Crippen molar-refractivity contribution in [1.29, 1.82) is 0 Å². The summed E-state index contributed by atoms with van der Waals surface area (Å²) in [5.41, 5.74) is -0.755. The first-order chi connectivity index (χ1) is 11.7. The molecule has 2 aromatic carbocycles. The molecule has 0 amide bonds. The quantitative estimate of drug-likeness (QED) is 0.371. The van der Waals surface area contributed by atoms with Crippen LogP contribution in [-0.4, -0.2) is 55.1 Å². The molecule has 0 heterocycles. The zero-order valence-corrected chi connectivity index (χ0v) is 13.6. The van der Waals surface area contributed by atoms with Crippen LogP contribution >= 0.6 is 0 Å². The first-order valence-corrected chi connectivity index (χ1v) is 6.90. The summed E-state index contributed by atoms with van der Waals surface area (Å²) in [4.78, 5) is 0. The average molecular weight is 356 g/mol. The van der Waals surface area contributed by atoms with Gasteiger partial charge in [0.25, 0.3) is 0 Å². The maximum absolute atomic E-state index is 9.99. The van der Waals surface area contributed by atoms with Gasteiger partial charge in [0.05, 0.1) is 13.2 Å². The van der Waals surface area contributed by atoms with Crippen LogP contribution in [0.2, 0.25) is 0 Å². The van der Waals surface area contributed by atoms with Crippen molar-refractivity contribution in [1.82, 2.24) is 0 Å². The molecule has 2 rings (SSSR count). The van der Waals surface area contributed by atoms with Crippen LogP contribution in [0.1, 0.15) is 11.1 Å². The predicted molar refractivity (Wildman–Crippen MR) is 86.6 cm³/mol. The molecule has 0 unspecified atom stereocenters. The zero-order chi connectivity index (χ0) is 19.3. The van der Waals surface area contributed by atoms with Crippen molar-refractivity contribution in [3.63, 3.8) is 0 Å². The molecule has 0 fully saturated rings. The maximum Gasteiger partial charge on any atom is 0.200 e. The Balaban J connectivity index is 0.000000970. The van der Waals surface area contributed by atoms with E-state index in [1.165, 1.54) is 0 Å². The third-order valence-corrected chi connectivity index (χ3v) is 3.26. The lowest BCUT2D eigenvalue weighted by atomic mass is 9.92. The molecule has 0 atom stereocenters. The van der Waals surface area contributed by atoms with E-state index < -0.39 is 47.7 Å². The number of hydrogen-bond acceptors (Lipinski definition) is 9. The molecule has 0 radical (unpaired) electrons. The lowest BCUT2D eigenvalue weighted by Gasteiger charge is -2.17. The van der Waals surface area contributed by atoms with Crippen molar-refractivity contribution in [3.05, 3.63) is 23.3 Å². The minimum absolute atomic E-state index is 0.0807. The van der Waals surface area contributed by atoms with Crippen LogP contribution in [0.5, 0.6) is 34.5 Å². The fraction of sp³-hybridized carbons (Fsp3) is 0.250. The third kappa shape index (κ3) is 3.79. The topological polar surface area (TPSA) is 171 Å².